The van der Waals surface area contributed by atoms with Crippen molar-refractivity contribution in [2.24, 2.45) is 7.05 Å². The standard InChI is InChI=1S/C18H18N4O/c1-21(12-14-11-20-22(2)13-14)17(23)9-8-16-6-3-5-15-7-4-10-19-18(15)16/h3-11,13H,12H2,1-2H3/b9-8+. The molecule has 1 aromatic carbocycles. The minimum atomic E-state index is -0.0539. The summed E-state index contributed by atoms with van der Waals surface area (Å²) < 4.78 is 1.73. The number of likely N-dealkylation sites (N-methyl/N-ethyl adjacent to an activating group) is 1. The number of hydrogen-bond acceptors (Lipinski definition) is 3. The van der Waals surface area contributed by atoms with Crippen LogP contribution < -0.4 is 0 Å². The first-order valence-corrected chi connectivity index (χ1v) is 7.38. The smallest absolute Gasteiger partial charge is 0.246 e. The molecule has 0 saturated heterocycles. The van der Waals surface area contributed by atoms with E-state index >= 15 is 0 Å². The number of rotatable bonds is 4. The molecule has 23 heavy (non-hydrogen) atoms. The zero-order valence-corrected chi connectivity index (χ0v) is 13.2. The second-order valence-electron chi connectivity index (χ2n) is 5.47. The average Bonchev–Trinajstić information content (AvgIpc) is 2.97. The van der Waals surface area contributed by atoms with Crippen LogP contribution in [0.25, 0.3) is 17.0 Å². The number of para-hydroxylation sites is 1. The molecule has 0 saturated carbocycles. The highest BCUT2D eigenvalue weighted by Gasteiger charge is 2.07. The number of benzene rings is 1. The topological polar surface area (TPSA) is 51.0 Å². The molecule has 5 nitrogen and oxygen atoms in total. The van der Waals surface area contributed by atoms with Gasteiger partial charge in [-0.05, 0) is 12.1 Å². The monoisotopic (exact) mass is 306 g/mol. The summed E-state index contributed by atoms with van der Waals surface area (Å²) in [7, 11) is 3.64. The van der Waals surface area contributed by atoms with E-state index in [9.17, 15) is 4.79 Å². The van der Waals surface area contributed by atoms with Gasteiger partial charge in [0, 0.05) is 55.6 Å². The van der Waals surface area contributed by atoms with Gasteiger partial charge < -0.3 is 4.90 Å². The van der Waals surface area contributed by atoms with Crippen LogP contribution in [0.4, 0.5) is 0 Å². The lowest BCUT2D eigenvalue weighted by molar-refractivity contribution is -0.125. The molecule has 0 aliphatic carbocycles. The van der Waals surface area contributed by atoms with Crippen molar-refractivity contribution in [3.05, 3.63) is 66.1 Å². The first-order valence-electron chi connectivity index (χ1n) is 7.38. The van der Waals surface area contributed by atoms with Crippen LogP contribution in [0.3, 0.4) is 0 Å². The third-order valence-electron chi connectivity index (χ3n) is 3.62. The summed E-state index contributed by atoms with van der Waals surface area (Å²) in [5.74, 6) is -0.0539. The number of aryl methyl sites for hydroxylation is 1. The van der Waals surface area contributed by atoms with Gasteiger partial charge in [-0.2, -0.15) is 5.10 Å². The van der Waals surface area contributed by atoms with Crippen LogP contribution in [-0.2, 0) is 18.4 Å². The largest absolute Gasteiger partial charge is 0.338 e. The second kappa shape index (κ2) is 6.44. The fraction of sp³-hybridized carbons (Fsp3) is 0.167. The van der Waals surface area contributed by atoms with Gasteiger partial charge in [-0.1, -0.05) is 24.3 Å². The number of carbonyl (C=O) groups is 1. The number of hydrogen-bond donors (Lipinski definition) is 0. The number of nitrogens with zero attached hydrogens (tertiary/aromatic N) is 4. The Morgan fingerprint density at radius 3 is 2.91 bits per heavy atom. The van der Waals surface area contributed by atoms with Gasteiger partial charge in [0.15, 0.2) is 0 Å². The number of aromatic nitrogens is 3. The summed E-state index contributed by atoms with van der Waals surface area (Å²) in [5, 5.41) is 5.17. The molecule has 5 heteroatoms. The Bertz CT molecular complexity index is 861. The third-order valence-corrected chi connectivity index (χ3v) is 3.62. The van der Waals surface area contributed by atoms with Crippen molar-refractivity contribution in [2.45, 2.75) is 6.54 Å². The maximum Gasteiger partial charge on any atom is 0.246 e. The van der Waals surface area contributed by atoms with Gasteiger partial charge in [-0.3, -0.25) is 14.5 Å². The molecular formula is C18H18N4O. The predicted octanol–water partition coefficient (Wildman–Crippen LogP) is 2.64. The molecule has 0 atom stereocenters. The van der Waals surface area contributed by atoms with E-state index in [1.807, 2.05) is 49.7 Å². The number of fused-ring (bicyclic) bond motifs is 1. The summed E-state index contributed by atoms with van der Waals surface area (Å²) in [4.78, 5) is 18.3. The average molecular weight is 306 g/mol. The Morgan fingerprint density at radius 2 is 2.13 bits per heavy atom. The Balaban J connectivity index is 1.74. The predicted molar refractivity (Wildman–Crippen MR) is 90.5 cm³/mol. The van der Waals surface area contributed by atoms with Crippen molar-refractivity contribution in [3.8, 4) is 0 Å². The summed E-state index contributed by atoms with van der Waals surface area (Å²) in [6, 6.07) is 9.85. The molecule has 0 N–H and O–H groups in total. The lowest BCUT2D eigenvalue weighted by atomic mass is 10.1. The van der Waals surface area contributed by atoms with Crippen molar-refractivity contribution in [1.29, 1.82) is 0 Å². The fourth-order valence-corrected chi connectivity index (χ4v) is 2.46. The highest BCUT2D eigenvalue weighted by Crippen LogP contribution is 2.17. The van der Waals surface area contributed by atoms with Crippen molar-refractivity contribution >= 4 is 22.9 Å². The summed E-state index contributed by atoms with van der Waals surface area (Å²) in [5.41, 5.74) is 2.84. The van der Waals surface area contributed by atoms with Crippen LogP contribution in [0.2, 0.25) is 0 Å². The number of carbonyl (C=O) groups excluding carboxylic acids is 1. The van der Waals surface area contributed by atoms with Gasteiger partial charge in [-0.25, -0.2) is 0 Å². The van der Waals surface area contributed by atoms with Gasteiger partial charge in [0.2, 0.25) is 5.91 Å². The summed E-state index contributed by atoms with van der Waals surface area (Å²) in [6.45, 7) is 0.533. The normalized spacial score (nSPS) is 11.2. The van der Waals surface area contributed by atoms with Gasteiger partial charge in [0.25, 0.3) is 0 Å². The first kappa shape index (κ1) is 15.0. The van der Waals surface area contributed by atoms with Gasteiger partial charge in [-0.15, -0.1) is 0 Å². The lowest BCUT2D eigenvalue weighted by Gasteiger charge is -2.13. The van der Waals surface area contributed by atoms with E-state index in [1.54, 1.807) is 35.1 Å². The minimum absolute atomic E-state index is 0.0539. The van der Waals surface area contributed by atoms with Gasteiger partial charge in [0.05, 0.1) is 11.7 Å². The van der Waals surface area contributed by atoms with Crippen molar-refractivity contribution in [1.82, 2.24) is 19.7 Å². The van der Waals surface area contributed by atoms with E-state index in [1.165, 1.54) is 0 Å². The molecule has 3 aromatic rings. The number of amides is 1. The molecule has 2 aromatic heterocycles. The van der Waals surface area contributed by atoms with E-state index < -0.39 is 0 Å². The van der Waals surface area contributed by atoms with Crippen LogP contribution in [0.15, 0.2) is 55.0 Å². The molecule has 2 heterocycles. The van der Waals surface area contributed by atoms with E-state index in [-0.39, 0.29) is 5.91 Å². The lowest BCUT2D eigenvalue weighted by Crippen LogP contribution is -2.23. The molecule has 116 valence electrons. The zero-order chi connectivity index (χ0) is 16.2. The molecule has 0 radical (unpaired) electrons. The van der Waals surface area contributed by atoms with E-state index in [0.29, 0.717) is 6.54 Å². The zero-order valence-electron chi connectivity index (χ0n) is 13.2. The maximum atomic E-state index is 12.3. The number of pyridine rings is 1. The Hall–Kier alpha value is -2.95. The Labute approximate surface area is 134 Å². The van der Waals surface area contributed by atoms with Crippen LogP contribution in [0.5, 0.6) is 0 Å². The van der Waals surface area contributed by atoms with Crippen molar-refractivity contribution in [3.63, 3.8) is 0 Å². The molecule has 0 bridgehead atoms. The van der Waals surface area contributed by atoms with Gasteiger partial charge >= 0.3 is 0 Å². The summed E-state index contributed by atoms with van der Waals surface area (Å²) in [6.07, 6.45) is 8.83. The quantitative estimate of drug-likeness (QED) is 0.696. The van der Waals surface area contributed by atoms with Gasteiger partial charge in [0.1, 0.15) is 0 Å². The molecule has 1 amide bonds. The second-order valence-corrected chi connectivity index (χ2v) is 5.47. The van der Waals surface area contributed by atoms with Crippen molar-refractivity contribution < 1.29 is 4.79 Å². The highest BCUT2D eigenvalue weighted by molar-refractivity contribution is 5.95. The maximum absolute atomic E-state index is 12.3. The minimum Gasteiger partial charge on any atom is -0.338 e. The molecule has 0 spiro atoms. The first-order chi connectivity index (χ1) is 11.1. The molecular weight excluding hydrogens is 288 g/mol. The van der Waals surface area contributed by atoms with Crippen LogP contribution >= 0.6 is 0 Å². The van der Waals surface area contributed by atoms with Crippen LogP contribution in [0, 0.1) is 0 Å². The Morgan fingerprint density at radius 1 is 1.30 bits per heavy atom. The molecule has 0 unspecified atom stereocenters. The van der Waals surface area contributed by atoms with Crippen LogP contribution in [-0.4, -0.2) is 32.6 Å². The van der Waals surface area contributed by atoms with E-state index in [0.717, 1.165) is 22.0 Å². The Kier molecular flexibility index (Phi) is 4.19. The molecule has 0 aliphatic rings. The van der Waals surface area contributed by atoms with Crippen LogP contribution in [0.1, 0.15) is 11.1 Å². The van der Waals surface area contributed by atoms with E-state index in [4.69, 9.17) is 0 Å². The molecule has 3 rings (SSSR count). The molecule has 0 aliphatic heterocycles. The van der Waals surface area contributed by atoms with Crippen molar-refractivity contribution in [2.75, 3.05) is 7.05 Å². The van der Waals surface area contributed by atoms with E-state index in [2.05, 4.69) is 10.1 Å². The summed E-state index contributed by atoms with van der Waals surface area (Å²) >= 11 is 0. The molecule has 0 fully saturated rings. The highest BCUT2D eigenvalue weighted by atomic mass is 16.2. The third kappa shape index (κ3) is 3.45. The SMILES string of the molecule is CN(Cc1cnn(C)c1)C(=O)/C=C/c1cccc2cccnc12. The fourth-order valence-electron chi connectivity index (χ4n) is 2.46.